The van der Waals surface area contributed by atoms with Crippen LogP contribution in [0, 0.1) is 40.4 Å². The van der Waals surface area contributed by atoms with Gasteiger partial charge in [-0.25, -0.2) is 0 Å². The third-order valence-corrected chi connectivity index (χ3v) is 10.4. The van der Waals surface area contributed by atoms with Gasteiger partial charge in [-0.3, -0.25) is 0 Å². The molecule has 158 valence electrons. The summed E-state index contributed by atoms with van der Waals surface area (Å²) in [4.78, 5) is 0. The maximum atomic E-state index is 6.06. The highest BCUT2D eigenvalue weighted by molar-refractivity contribution is 5.27. The van der Waals surface area contributed by atoms with Gasteiger partial charge < -0.3 is 9.47 Å². The molecule has 2 heteroatoms. The summed E-state index contributed by atoms with van der Waals surface area (Å²) >= 11 is 0. The standard InChI is InChI=1S/C26H42O2/c1-5-6-18(2)21-9-10-22-20-8-7-19-17-26(27-15-16-28-26)14-13-24(19,3)23(20)11-12-25(21,22)4/h17-18,20-23H,5-16H2,1-4H3/t18?,20-,21+,22-,23-,24-,25+/m0/s1. The zero-order valence-corrected chi connectivity index (χ0v) is 18.8. The highest BCUT2D eigenvalue weighted by Gasteiger charge is 2.60. The topological polar surface area (TPSA) is 18.5 Å². The van der Waals surface area contributed by atoms with Gasteiger partial charge in [-0.05, 0) is 91.4 Å². The minimum Gasteiger partial charge on any atom is -0.344 e. The van der Waals surface area contributed by atoms with Crippen molar-refractivity contribution in [1.82, 2.24) is 0 Å². The Balaban J connectivity index is 1.40. The lowest BCUT2D eigenvalue weighted by Gasteiger charge is -2.59. The van der Waals surface area contributed by atoms with Crippen LogP contribution in [-0.2, 0) is 9.47 Å². The molecule has 4 fully saturated rings. The van der Waals surface area contributed by atoms with Gasteiger partial charge in [0.2, 0.25) is 0 Å². The van der Waals surface area contributed by atoms with E-state index >= 15 is 0 Å². The Bertz CT molecular complexity index is 632. The average molecular weight is 387 g/mol. The molecule has 1 unspecified atom stereocenters. The zero-order chi connectivity index (χ0) is 19.6. The predicted octanol–water partition coefficient (Wildman–Crippen LogP) is 6.74. The summed E-state index contributed by atoms with van der Waals surface area (Å²) in [6, 6.07) is 0. The van der Waals surface area contributed by atoms with Gasteiger partial charge in [0, 0.05) is 6.42 Å². The number of fused-ring (bicyclic) bond motifs is 5. The van der Waals surface area contributed by atoms with E-state index in [2.05, 4.69) is 33.8 Å². The monoisotopic (exact) mass is 386 g/mol. The molecule has 5 aliphatic rings. The summed E-state index contributed by atoms with van der Waals surface area (Å²) in [5.74, 6) is 4.35. The molecule has 4 aliphatic carbocycles. The Morgan fingerprint density at radius 2 is 1.79 bits per heavy atom. The van der Waals surface area contributed by atoms with Crippen molar-refractivity contribution in [1.29, 1.82) is 0 Å². The fourth-order valence-electron chi connectivity index (χ4n) is 9.01. The lowest BCUT2D eigenvalue weighted by molar-refractivity contribution is -0.144. The SMILES string of the molecule is CCCC(C)[C@H]1CC[C@H]2[C@@H]3CCC4=CC5(CC[C@]4(C)[C@H]3CC[C@]12C)OCCO5. The molecule has 0 aromatic heterocycles. The number of allylic oxidation sites excluding steroid dienone is 1. The van der Waals surface area contributed by atoms with Crippen LogP contribution in [0.15, 0.2) is 11.6 Å². The fraction of sp³-hybridized carbons (Fsp3) is 0.923. The van der Waals surface area contributed by atoms with Crippen LogP contribution >= 0.6 is 0 Å². The van der Waals surface area contributed by atoms with Crippen molar-refractivity contribution in [2.75, 3.05) is 13.2 Å². The van der Waals surface area contributed by atoms with Gasteiger partial charge >= 0.3 is 0 Å². The normalized spacial score (nSPS) is 47.9. The number of ether oxygens (including phenoxy) is 2. The molecular weight excluding hydrogens is 344 g/mol. The fourth-order valence-corrected chi connectivity index (χ4v) is 9.01. The zero-order valence-electron chi connectivity index (χ0n) is 18.8. The molecule has 0 bridgehead atoms. The van der Waals surface area contributed by atoms with E-state index in [0.29, 0.717) is 10.8 Å². The minimum atomic E-state index is -0.362. The first kappa shape index (κ1) is 19.6. The molecule has 7 atom stereocenters. The molecule has 0 aromatic carbocycles. The summed E-state index contributed by atoms with van der Waals surface area (Å²) in [6.45, 7) is 11.8. The Labute approximate surface area is 172 Å². The van der Waals surface area contributed by atoms with Gasteiger partial charge in [-0.2, -0.15) is 0 Å². The van der Waals surface area contributed by atoms with Crippen molar-refractivity contribution in [3.63, 3.8) is 0 Å². The van der Waals surface area contributed by atoms with Crippen molar-refractivity contribution in [2.24, 2.45) is 40.4 Å². The molecule has 0 N–H and O–H groups in total. The van der Waals surface area contributed by atoms with Gasteiger partial charge in [0.25, 0.3) is 0 Å². The van der Waals surface area contributed by atoms with Gasteiger partial charge in [0.1, 0.15) is 0 Å². The van der Waals surface area contributed by atoms with Crippen LogP contribution in [0.1, 0.15) is 91.9 Å². The number of hydrogen-bond acceptors (Lipinski definition) is 2. The van der Waals surface area contributed by atoms with E-state index in [0.717, 1.165) is 49.2 Å². The Morgan fingerprint density at radius 3 is 2.54 bits per heavy atom. The smallest absolute Gasteiger partial charge is 0.188 e. The van der Waals surface area contributed by atoms with Crippen molar-refractivity contribution >= 4 is 0 Å². The summed E-state index contributed by atoms with van der Waals surface area (Å²) in [7, 11) is 0. The van der Waals surface area contributed by atoms with Gasteiger partial charge in [-0.1, -0.05) is 46.1 Å². The molecule has 0 aromatic rings. The molecule has 3 saturated carbocycles. The lowest BCUT2D eigenvalue weighted by atomic mass is 9.46. The van der Waals surface area contributed by atoms with Gasteiger partial charge in [0.05, 0.1) is 13.2 Å². The van der Waals surface area contributed by atoms with Gasteiger partial charge in [-0.15, -0.1) is 0 Å². The van der Waals surface area contributed by atoms with Crippen molar-refractivity contribution in [2.45, 2.75) is 97.7 Å². The van der Waals surface area contributed by atoms with Crippen molar-refractivity contribution < 1.29 is 9.47 Å². The van der Waals surface area contributed by atoms with Crippen LogP contribution in [0.4, 0.5) is 0 Å². The van der Waals surface area contributed by atoms with Crippen LogP contribution in [-0.4, -0.2) is 19.0 Å². The van der Waals surface area contributed by atoms with Crippen LogP contribution in [0.2, 0.25) is 0 Å². The third kappa shape index (κ3) is 2.73. The molecule has 0 radical (unpaired) electrons. The van der Waals surface area contributed by atoms with E-state index in [-0.39, 0.29) is 5.79 Å². The summed E-state index contributed by atoms with van der Waals surface area (Å²) in [6.07, 6.45) is 16.2. The maximum Gasteiger partial charge on any atom is 0.188 e. The second-order valence-corrected chi connectivity index (χ2v) is 11.5. The molecule has 28 heavy (non-hydrogen) atoms. The van der Waals surface area contributed by atoms with E-state index < -0.39 is 0 Å². The van der Waals surface area contributed by atoms with Crippen LogP contribution in [0.5, 0.6) is 0 Å². The number of hydrogen-bond donors (Lipinski definition) is 0. The Morgan fingerprint density at radius 1 is 1.00 bits per heavy atom. The molecule has 1 aliphatic heterocycles. The summed E-state index contributed by atoms with van der Waals surface area (Å²) in [5.41, 5.74) is 2.69. The van der Waals surface area contributed by atoms with Crippen molar-refractivity contribution in [3.8, 4) is 0 Å². The molecule has 5 rings (SSSR count). The second-order valence-electron chi connectivity index (χ2n) is 11.5. The maximum absolute atomic E-state index is 6.06. The van der Waals surface area contributed by atoms with E-state index in [1.54, 1.807) is 5.57 Å². The predicted molar refractivity (Wildman–Crippen MR) is 114 cm³/mol. The average Bonchev–Trinajstić information content (AvgIpc) is 3.27. The Hall–Kier alpha value is -0.340. The van der Waals surface area contributed by atoms with Gasteiger partial charge in [0.15, 0.2) is 5.79 Å². The minimum absolute atomic E-state index is 0.362. The molecule has 2 nitrogen and oxygen atoms in total. The quantitative estimate of drug-likeness (QED) is 0.500. The first-order chi connectivity index (χ1) is 13.4. The molecule has 1 saturated heterocycles. The lowest BCUT2D eigenvalue weighted by Crippen LogP contribution is -2.52. The van der Waals surface area contributed by atoms with Crippen LogP contribution in [0.25, 0.3) is 0 Å². The van der Waals surface area contributed by atoms with E-state index in [1.807, 2.05) is 0 Å². The van der Waals surface area contributed by atoms with E-state index in [4.69, 9.17) is 9.47 Å². The molecule has 0 amide bonds. The van der Waals surface area contributed by atoms with E-state index in [9.17, 15) is 0 Å². The largest absolute Gasteiger partial charge is 0.344 e. The number of rotatable bonds is 3. The van der Waals surface area contributed by atoms with Crippen molar-refractivity contribution in [3.05, 3.63) is 11.6 Å². The highest BCUT2D eigenvalue weighted by Crippen LogP contribution is 2.68. The van der Waals surface area contributed by atoms with Crippen LogP contribution < -0.4 is 0 Å². The Kier molecular flexibility index (Phi) is 4.79. The summed E-state index contributed by atoms with van der Waals surface area (Å²) < 4.78 is 12.1. The molecule has 1 heterocycles. The first-order valence-corrected chi connectivity index (χ1v) is 12.4. The first-order valence-electron chi connectivity index (χ1n) is 12.4. The second kappa shape index (κ2) is 6.84. The highest BCUT2D eigenvalue weighted by atomic mass is 16.7. The molecular formula is C26H42O2. The summed E-state index contributed by atoms with van der Waals surface area (Å²) in [5, 5.41) is 0. The molecule has 1 spiro atoms. The van der Waals surface area contributed by atoms with Crippen LogP contribution in [0.3, 0.4) is 0 Å². The third-order valence-electron chi connectivity index (χ3n) is 10.4. The van der Waals surface area contributed by atoms with E-state index in [1.165, 1.54) is 57.8 Å².